The van der Waals surface area contributed by atoms with Crippen molar-refractivity contribution in [3.63, 3.8) is 0 Å². The van der Waals surface area contributed by atoms with E-state index in [0.29, 0.717) is 16.7 Å². The second-order valence-corrected chi connectivity index (χ2v) is 9.79. The van der Waals surface area contributed by atoms with E-state index in [2.05, 4.69) is 0 Å². The minimum Gasteiger partial charge on any atom is -0.455 e. The van der Waals surface area contributed by atoms with Crippen LogP contribution in [0.4, 0.5) is 17.6 Å². The number of allylic oxidation sites excluding steroid dienone is 6. The maximum atomic E-state index is 13.8. The summed E-state index contributed by atoms with van der Waals surface area (Å²) in [4.78, 5) is 2.00. The molecule has 34 heavy (non-hydrogen) atoms. The Morgan fingerprint density at radius 1 is 1.03 bits per heavy atom. The summed E-state index contributed by atoms with van der Waals surface area (Å²) in [5.74, 6) is -0.508. The van der Waals surface area contributed by atoms with Crippen LogP contribution in [-0.2, 0) is 0 Å². The summed E-state index contributed by atoms with van der Waals surface area (Å²) < 4.78 is 60.3. The summed E-state index contributed by atoms with van der Waals surface area (Å²) in [5.41, 5.74) is 3.82. The van der Waals surface area contributed by atoms with E-state index in [1.165, 1.54) is 26.0 Å². The number of nitrogens with zero attached hydrogens (tertiary/aromatic N) is 1. The zero-order chi connectivity index (χ0) is 24.4. The predicted molar refractivity (Wildman–Crippen MR) is 127 cm³/mol. The molecule has 0 spiro atoms. The summed E-state index contributed by atoms with van der Waals surface area (Å²) in [7, 11) is 1.94. The van der Waals surface area contributed by atoms with Gasteiger partial charge in [0.1, 0.15) is 17.0 Å². The van der Waals surface area contributed by atoms with Gasteiger partial charge in [0, 0.05) is 41.6 Å². The average Bonchev–Trinajstić information content (AvgIpc) is 3.11. The van der Waals surface area contributed by atoms with E-state index >= 15 is 0 Å². The number of halogens is 4. The molecule has 1 aromatic heterocycles. The van der Waals surface area contributed by atoms with Crippen molar-refractivity contribution in [1.82, 2.24) is 4.90 Å². The highest BCUT2D eigenvalue weighted by Gasteiger charge is 2.47. The van der Waals surface area contributed by atoms with Gasteiger partial charge in [0.05, 0.1) is 11.1 Å². The Bertz CT molecular complexity index is 1430. The van der Waals surface area contributed by atoms with Gasteiger partial charge in [-0.15, -0.1) is 0 Å². The lowest BCUT2D eigenvalue weighted by Gasteiger charge is -2.33. The van der Waals surface area contributed by atoms with E-state index in [-0.39, 0.29) is 18.2 Å². The number of fused-ring (bicyclic) bond motifs is 4. The fourth-order valence-corrected chi connectivity index (χ4v) is 4.84. The van der Waals surface area contributed by atoms with Crippen LogP contribution in [0.25, 0.3) is 27.6 Å². The molecule has 1 atom stereocenters. The first-order valence-electron chi connectivity index (χ1n) is 11.2. The minimum absolute atomic E-state index is 0.0838. The first-order chi connectivity index (χ1) is 16.0. The second kappa shape index (κ2) is 7.62. The van der Waals surface area contributed by atoms with Gasteiger partial charge in [-0.2, -0.15) is 13.2 Å². The Morgan fingerprint density at radius 2 is 1.76 bits per heavy atom. The van der Waals surface area contributed by atoms with Gasteiger partial charge in [-0.1, -0.05) is 55.9 Å². The Labute approximate surface area is 195 Å². The van der Waals surface area contributed by atoms with Crippen molar-refractivity contribution in [3.05, 3.63) is 88.9 Å². The highest BCUT2D eigenvalue weighted by atomic mass is 19.4. The molecule has 1 unspecified atom stereocenters. The molecule has 6 heteroatoms. The molecule has 0 bridgehead atoms. The number of alkyl halides is 3. The van der Waals surface area contributed by atoms with E-state index in [1.54, 1.807) is 12.1 Å². The Balaban J connectivity index is 1.64. The third kappa shape index (κ3) is 3.56. The fraction of sp³-hybridized carbons (Fsp3) is 0.286. The largest absolute Gasteiger partial charge is 0.455 e. The molecule has 5 rings (SSSR count). The van der Waals surface area contributed by atoms with Crippen LogP contribution in [-0.4, -0.2) is 18.1 Å². The van der Waals surface area contributed by atoms with Crippen LogP contribution in [0.1, 0.15) is 31.4 Å². The first-order valence-corrected chi connectivity index (χ1v) is 11.2. The Kier molecular flexibility index (Phi) is 5.04. The van der Waals surface area contributed by atoms with Crippen LogP contribution >= 0.6 is 0 Å². The Morgan fingerprint density at radius 3 is 2.50 bits per heavy atom. The van der Waals surface area contributed by atoms with E-state index in [4.69, 9.17) is 4.42 Å². The van der Waals surface area contributed by atoms with Crippen LogP contribution in [0.2, 0.25) is 0 Å². The van der Waals surface area contributed by atoms with Gasteiger partial charge >= 0.3 is 6.18 Å². The molecule has 3 aromatic rings. The third-order valence-corrected chi connectivity index (χ3v) is 6.84. The number of benzene rings is 2. The summed E-state index contributed by atoms with van der Waals surface area (Å²) >= 11 is 0. The van der Waals surface area contributed by atoms with E-state index in [0.717, 1.165) is 33.2 Å². The van der Waals surface area contributed by atoms with Crippen LogP contribution < -0.4 is 0 Å². The fourth-order valence-electron chi connectivity index (χ4n) is 4.84. The number of furan rings is 1. The molecule has 1 aliphatic carbocycles. The number of hydrogen-bond donors (Lipinski definition) is 0. The molecule has 1 aliphatic heterocycles. The van der Waals surface area contributed by atoms with Crippen molar-refractivity contribution >= 4 is 27.6 Å². The molecular weight excluding hydrogens is 442 g/mol. The third-order valence-electron chi connectivity index (χ3n) is 6.84. The summed E-state index contributed by atoms with van der Waals surface area (Å²) in [6, 6.07) is 8.52. The van der Waals surface area contributed by atoms with Crippen molar-refractivity contribution < 1.29 is 22.0 Å². The van der Waals surface area contributed by atoms with Crippen molar-refractivity contribution in [2.45, 2.75) is 33.4 Å². The maximum Gasteiger partial charge on any atom is 0.394 e. The molecule has 2 aliphatic rings. The molecule has 2 aromatic carbocycles. The lowest BCUT2D eigenvalue weighted by Crippen LogP contribution is -2.32. The smallest absolute Gasteiger partial charge is 0.394 e. The standard InChI is InChI=1S/C28H25F4NO/c1-16-5-8-22-21-10-7-19(29)14-23(21)34-26(22)24(16)25-20-9-6-17(13-18(20)11-12-33(25)4)15-27(2,3)28(30,31)32/h5-14,18H,15H2,1-4H3. The molecule has 0 N–H and O–H groups in total. The molecule has 2 nitrogen and oxygen atoms in total. The Hall–Kier alpha value is -3.28. The molecular formula is C28H25F4NO. The van der Waals surface area contributed by atoms with Gasteiger partial charge in [0.25, 0.3) is 0 Å². The monoisotopic (exact) mass is 467 g/mol. The molecule has 0 radical (unpaired) electrons. The molecule has 0 saturated heterocycles. The topological polar surface area (TPSA) is 16.4 Å². The van der Waals surface area contributed by atoms with Crippen molar-refractivity contribution in [2.24, 2.45) is 11.3 Å². The second-order valence-electron chi connectivity index (χ2n) is 9.79. The van der Waals surface area contributed by atoms with Crippen molar-refractivity contribution in [2.75, 3.05) is 7.05 Å². The quantitative estimate of drug-likeness (QED) is 0.360. The molecule has 0 fully saturated rings. The minimum atomic E-state index is -4.28. The van der Waals surface area contributed by atoms with Gasteiger partial charge in [-0.3, -0.25) is 0 Å². The van der Waals surface area contributed by atoms with Gasteiger partial charge < -0.3 is 9.32 Å². The van der Waals surface area contributed by atoms with Gasteiger partial charge in [0.15, 0.2) is 0 Å². The zero-order valence-corrected chi connectivity index (χ0v) is 19.4. The highest BCUT2D eigenvalue weighted by molar-refractivity contribution is 6.08. The summed E-state index contributed by atoms with van der Waals surface area (Å²) in [6.45, 7) is 4.46. The molecule has 176 valence electrons. The first kappa shape index (κ1) is 22.5. The molecule has 2 heterocycles. The normalized spacial score (nSPS) is 18.8. The lowest BCUT2D eigenvalue weighted by atomic mass is 9.79. The highest BCUT2D eigenvalue weighted by Crippen LogP contribution is 2.46. The average molecular weight is 468 g/mol. The van der Waals surface area contributed by atoms with Crippen molar-refractivity contribution in [1.29, 1.82) is 0 Å². The molecule has 0 saturated carbocycles. The van der Waals surface area contributed by atoms with Gasteiger partial charge in [-0.25, -0.2) is 4.39 Å². The molecule has 0 amide bonds. The van der Waals surface area contributed by atoms with Gasteiger partial charge in [0.2, 0.25) is 0 Å². The van der Waals surface area contributed by atoms with Crippen LogP contribution in [0.5, 0.6) is 0 Å². The van der Waals surface area contributed by atoms with Crippen LogP contribution in [0.15, 0.2) is 76.4 Å². The lowest BCUT2D eigenvalue weighted by molar-refractivity contribution is -0.210. The zero-order valence-electron chi connectivity index (χ0n) is 19.4. The van der Waals surface area contributed by atoms with Crippen LogP contribution in [0, 0.1) is 24.1 Å². The maximum absolute atomic E-state index is 13.8. The van der Waals surface area contributed by atoms with E-state index in [9.17, 15) is 17.6 Å². The van der Waals surface area contributed by atoms with Crippen molar-refractivity contribution in [3.8, 4) is 0 Å². The predicted octanol–water partition coefficient (Wildman–Crippen LogP) is 8.29. The number of aryl methyl sites for hydroxylation is 1. The van der Waals surface area contributed by atoms with Crippen LogP contribution in [0.3, 0.4) is 0 Å². The summed E-state index contributed by atoms with van der Waals surface area (Å²) in [5, 5.41) is 1.73. The SMILES string of the molecule is Cc1ccc2c(oc3cc(F)ccc32)c1C1=C2C=CC(CC(C)(C)C(F)(F)F)=CC2C=CN1C. The number of rotatable bonds is 3. The van der Waals surface area contributed by atoms with E-state index in [1.807, 2.05) is 55.4 Å². The summed E-state index contributed by atoms with van der Waals surface area (Å²) in [6.07, 6.45) is 5.19. The van der Waals surface area contributed by atoms with Gasteiger partial charge in [-0.05, 0) is 36.6 Å². The van der Waals surface area contributed by atoms with E-state index < -0.39 is 11.6 Å². The number of hydrogen-bond acceptors (Lipinski definition) is 2.